The van der Waals surface area contributed by atoms with Crippen LogP contribution in [0.15, 0.2) is 15.8 Å². The minimum absolute atomic E-state index is 0.0180. The van der Waals surface area contributed by atoms with Gasteiger partial charge in [-0.25, -0.2) is 4.79 Å². The molecule has 0 aromatic carbocycles. The van der Waals surface area contributed by atoms with Gasteiger partial charge in [0.2, 0.25) is 5.78 Å². The summed E-state index contributed by atoms with van der Waals surface area (Å²) in [6, 6.07) is 0.362. The molecule has 0 N–H and O–H groups in total. The molecule has 1 aliphatic carbocycles. The summed E-state index contributed by atoms with van der Waals surface area (Å²) >= 11 is 0. The van der Waals surface area contributed by atoms with Gasteiger partial charge in [-0.3, -0.25) is 23.1 Å². The van der Waals surface area contributed by atoms with E-state index in [4.69, 9.17) is 4.74 Å². The van der Waals surface area contributed by atoms with E-state index < -0.39 is 17.2 Å². The number of carbonyl (C=O) groups is 1. The van der Waals surface area contributed by atoms with Crippen molar-refractivity contribution >= 4 is 22.9 Å². The van der Waals surface area contributed by atoms with Crippen molar-refractivity contribution in [3.05, 3.63) is 32.7 Å². The van der Waals surface area contributed by atoms with Crippen molar-refractivity contribution in [2.24, 2.45) is 7.05 Å². The minimum atomic E-state index is -0.478. The van der Waals surface area contributed by atoms with E-state index in [1.54, 1.807) is 18.4 Å². The zero-order chi connectivity index (χ0) is 20.7. The molecule has 0 bridgehead atoms. The lowest BCUT2D eigenvalue weighted by molar-refractivity contribution is -0.143. The Labute approximate surface area is 167 Å². The Morgan fingerprint density at radius 1 is 1.24 bits per heavy atom. The first-order valence-corrected chi connectivity index (χ1v) is 10.3. The molecule has 9 heteroatoms. The second kappa shape index (κ2) is 7.53. The number of rotatable bonds is 5. The molecule has 156 valence electrons. The van der Waals surface area contributed by atoms with Crippen LogP contribution in [0.25, 0.3) is 16.9 Å². The zero-order valence-electron chi connectivity index (χ0n) is 17.2. The topological polar surface area (TPSA) is 92.5 Å². The fourth-order valence-corrected chi connectivity index (χ4v) is 4.45. The Kier molecular flexibility index (Phi) is 5.06. The van der Waals surface area contributed by atoms with Gasteiger partial charge in [-0.15, -0.1) is 0 Å². The van der Waals surface area contributed by atoms with Crippen molar-refractivity contribution < 1.29 is 9.53 Å². The molecule has 0 radical (unpaired) electrons. The number of ether oxygens (including phenoxy) is 1. The number of aromatic nitrogens is 5. The van der Waals surface area contributed by atoms with Crippen molar-refractivity contribution in [3.63, 3.8) is 0 Å². The van der Waals surface area contributed by atoms with Gasteiger partial charge in [-0.2, -0.15) is 4.98 Å². The second-order valence-corrected chi connectivity index (χ2v) is 7.74. The molecule has 29 heavy (non-hydrogen) atoms. The standard InChI is InChI=1S/C20H27N5O4/c1-4-29-15(26)10-11-23-18(27)16-17(22(3)20(23)28)21-19-24(16)12-13(2)25(19)14-8-6-5-7-9-14/h12,14H,4-11H2,1-3H3. The van der Waals surface area contributed by atoms with Gasteiger partial charge in [0, 0.05) is 31.5 Å². The normalized spacial score (nSPS) is 15.4. The predicted molar refractivity (Wildman–Crippen MR) is 108 cm³/mol. The highest BCUT2D eigenvalue weighted by molar-refractivity contribution is 5.76. The van der Waals surface area contributed by atoms with Crippen molar-refractivity contribution in [1.82, 2.24) is 23.1 Å². The fourth-order valence-electron chi connectivity index (χ4n) is 4.45. The molecule has 4 rings (SSSR count). The van der Waals surface area contributed by atoms with Crippen LogP contribution in [0.3, 0.4) is 0 Å². The summed E-state index contributed by atoms with van der Waals surface area (Å²) < 4.78 is 11.4. The third-order valence-electron chi connectivity index (χ3n) is 5.85. The Morgan fingerprint density at radius 2 is 1.97 bits per heavy atom. The highest BCUT2D eigenvalue weighted by Gasteiger charge is 2.24. The van der Waals surface area contributed by atoms with Crippen LogP contribution in [0.4, 0.5) is 0 Å². The monoisotopic (exact) mass is 401 g/mol. The van der Waals surface area contributed by atoms with Crippen LogP contribution in [-0.4, -0.2) is 35.7 Å². The minimum Gasteiger partial charge on any atom is -0.466 e. The molecule has 3 heterocycles. The third kappa shape index (κ3) is 3.18. The van der Waals surface area contributed by atoms with Crippen molar-refractivity contribution in [3.8, 4) is 0 Å². The van der Waals surface area contributed by atoms with E-state index in [2.05, 4.69) is 9.55 Å². The highest BCUT2D eigenvalue weighted by Crippen LogP contribution is 2.31. The average molecular weight is 401 g/mol. The summed E-state index contributed by atoms with van der Waals surface area (Å²) in [7, 11) is 1.61. The Bertz CT molecular complexity index is 1190. The molecule has 0 aliphatic heterocycles. The predicted octanol–water partition coefficient (Wildman–Crippen LogP) is 1.92. The zero-order valence-corrected chi connectivity index (χ0v) is 17.2. The number of carbonyl (C=O) groups excluding carboxylic acids is 1. The summed E-state index contributed by atoms with van der Waals surface area (Å²) in [5.41, 5.74) is 0.873. The van der Waals surface area contributed by atoms with Crippen LogP contribution < -0.4 is 11.2 Å². The number of nitrogens with zero attached hydrogens (tertiary/aromatic N) is 5. The first-order valence-electron chi connectivity index (χ1n) is 10.3. The summed E-state index contributed by atoms with van der Waals surface area (Å²) in [4.78, 5) is 42.3. The SMILES string of the molecule is CCOC(=O)CCn1c(=O)c2c(nc3n(C4CCCCC4)c(C)cn23)n(C)c1=O. The molecular weight excluding hydrogens is 374 g/mol. The summed E-state index contributed by atoms with van der Waals surface area (Å²) in [6.07, 6.45) is 7.71. The summed E-state index contributed by atoms with van der Waals surface area (Å²) in [5, 5.41) is 0. The van der Waals surface area contributed by atoms with Crippen molar-refractivity contribution in [2.75, 3.05) is 6.61 Å². The number of aryl methyl sites for hydroxylation is 2. The molecular formula is C20H27N5O4. The number of hydrogen-bond donors (Lipinski definition) is 0. The van der Waals surface area contributed by atoms with Gasteiger partial charge >= 0.3 is 11.7 Å². The van der Waals surface area contributed by atoms with Gasteiger partial charge in [0.25, 0.3) is 5.56 Å². The maximum atomic E-state index is 13.2. The number of fused-ring (bicyclic) bond motifs is 3. The quantitative estimate of drug-likeness (QED) is 0.609. The Balaban J connectivity index is 1.87. The summed E-state index contributed by atoms with van der Waals surface area (Å²) in [5.74, 6) is 0.263. The molecule has 0 amide bonds. The van der Waals surface area contributed by atoms with Gasteiger partial charge < -0.3 is 9.30 Å². The van der Waals surface area contributed by atoms with E-state index in [1.165, 1.54) is 23.8 Å². The molecule has 0 unspecified atom stereocenters. The Morgan fingerprint density at radius 3 is 2.66 bits per heavy atom. The van der Waals surface area contributed by atoms with E-state index in [9.17, 15) is 14.4 Å². The van der Waals surface area contributed by atoms with E-state index in [0.717, 1.165) is 23.1 Å². The average Bonchev–Trinajstić information content (AvgIpc) is 3.21. The second-order valence-electron chi connectivity index (χ2n) is 7.74. The molecule has 9 nitrogen and oxygen atoms in total. The molecule has 0 saturated heterocycles. The first-order chi connectivity index (χ1) is 13.9. The van der Waals surface area contributed by atoms with Crippen LogP contribution >= 0.6 is 0 Å². The third-order valence-corrected chi connectivity index (χ3v) is 5.85. The fraction of sp³-hybridized carbons (Fsp3) is 0.600. The highest BCUT2D eigenvalue weighted by atomic mass is 16.5. The largest absolute Gasteiger partial charge is 0.466 e. The van der Waals surface area contributed by atoms with Crippen LogP contribution in [0, 0.1) is 6.92 Å². The number of hydrogen-bond acceptors (Lipinski definition) is 5. The van der Waals surface area contributed by atoms with Gasteiger partial charge in [-0.1, -0.05) is 19.3 Å². The molecule has 3 aromatic heterocycles. The van der Waals surface area contributed by atoms with E-state index in [0.29, 0.717) is 23.0 Å². The maximum Gasteiger partial charge on any atom is 0.332 e. The van der Waals surface area contributed by atoms with Crippen LogP contribution in [0.2, 0.25) is 0 Å². The van der Waals surface area contributed by atoms with Gasteiger partial charge in [0.15, 0.2) is 11.2 Å². The smallest absolute Gasteiger partial charge is 0.332 e. The van der Waals surface area contributed by atoms with Crippen molar-refractivity contribution in [1.29, 1.82) is 0 Å². The lowest BCUT2D eigenvalue weighted by Crippen LogP contribution is -2.39. The molecule has 1 saturated carbocycles. The number of imidazole rings is 2. The summed E-state index contributed by atoms with van der Waals surface area (Å²) in [6.45, 7) is 3.99. The van der Waals surface area contributed by atoms with E-state index in [1.807, 2.05) is 13.1 Å². The lowest BCUT2D eigenvalue weighted by atomic mass is 9.95. The van der Waals surface area contributed by atoms with Gasteiger partial charge in [0.1, 0.15) is 0 Å². The van der Waals surface area contributed by atoms with E-state index >= 15 is 0 Å². The number of esters is 1. The molecule has 0 spiro atoms. The van der Waals surface area contributed by atoms with Crippen LogP contribution in [0.5, 0.6) is 0 Å². The molecule has 0 atom stereocenters. The first kappa shape index (κ1) is 19.5. The Hall–Kier alpha value is -2.84. The van der Waals surface area contributed by atoms with Crippen molar-refractivity contribution in [2.45, 2.75) is 65.0 Å². The molecule has 1 fully saturated rings. The van der Waals surface area contributed by atoms with E-state index in [-0.39, 0.29) is 19.6 Å². The van der Waals surface area contributed by atoms with Gasteiger partial charge in [-0.05, 0) is 26.7 Å². The lowest BCUT2D eigenvalue weighted by Gasteiger charge is -2.24. The maximum absolute atomic E-state index is 13.2. The molecule has 3 aromatic rings. The van der Waals surface area contributed by atoms with Gasteiger partial charge in [0.05, 0.1) is 13.0 Å². The van der Waals surface area contributed by atoms with Crippen LogP contribution in [0.1, 0.15) is 57.2 Å². The molecule has 1 aliphatic rings. The van der Waals surface area contributed by atoms with Crippen LogP contribution in [-0.2, 0) is 23.1 Å².